The van der Waals surface area contributed by atoms with Gasteiger partial charge >= 0.3 is 0 Å². The first-order valence-corrected chi connectivity index (χ1v) is 6.97. The Morgan fingerprint density at radius 1 is 1.11 bits per heavy atom. The summed E-state index contributed by atoms with van der Waals surface area (Å²) in [6.45, 7) is 5.55. The Labute approximate surface area is 116 Å². The van der Waals surface area contributed by atoms with Gasteiger partial charge in [-0.2, -0.15) is 0 Å². The molecule has 5 heteroatoms. The number of piperazine rings is 1. The molecule has 1 aliphatic carbocycles. The van der Waals surface area contributed by atoms with Gasteiger partial charge in [-0.25, -0.2) is 0 Å². The van der Waals surface area contributed by atoms with Crippen molar-refractivity contribution in [2.24, 2.45) is 5.73 Å². The zero-order valence-corrected chi connectivity index (χ0v) is 12.1. The average molecular weight is 276 g/mol. The average Bonchev–Trinajstić information content (AvgIpc) is 2.39. The molecule has 0 radical (unpaired) electrons. The van der Waals surface area contributed by atoms with Crippen molar-refractivity contribution in [3.63, 3.8) is 0 Å². The first-order valence-electron chi connectivity index (χ1n) is 6.97. The summed E-state index contributed by atoms with van der Waals surface area (Å²) in [5.41, 5.74) is 5.64. The SMILES string of the molecule is CC(N)C(=O)N1CCN(C2CCCCC2)CC1.Cl. The van der Waals surface area contributed by atoms with Crippen LogP contribution in [0.4, 0.5) is 0 Å². The largest absolute Gasteiger partial charge is 0.339 e. The third-order valence-corrected chi connectivity index (χ3v) is 4.11. The number of halogens is 1. The van der Waals surface area contributed by atoms with E-state index in [1.54, 1.807) is 6.92 Å². The molecule has 2 aliphatic rings. The number of nitrogens with zero attached hydrogens (tertiary/aromatic N) is 2. The molecule has 18 heavy (non-hydrogen) atoms. The minimum Gasteiger partial charge on any atom is -0.339 e. The monoisotopic (exact) mass is 275 g/mol. The van der Waals surface area contributed by atoms with Crippen LogP contribution in [0.15, 0.2) is 0 Å². The second-order valence-electron chi connectivity index (χ2n) is 5.44. The summed E-state index contributed by atoms with van der Waals surface area (Å²) in [5, 5.41) is 0. The molecule has 0 aromatic heterocycles. The van der Waals surface area contributed by atoms with Crippen LogP contribution in [0.3, 0.4) is 0 Å². The molecule has 2 N–H and O–H groups in total. The fraction of sp³-hybridized carbons (Fsp3) is 0.923. The van der Waals surface area contributed by atoms with Gasteiger partial charge in [0.15, 0.2) is 0 Å². The number of carbonyl (C=O) groups is 1. The van der Waals surface area contributed by atoms with Gasteiger partial charge in [-0.3, -0.25) is 9.69 Å². The summed E-state index contributed by atoms with van der Waals surface area (Å²) in [5.74, 6) is 0.105. The highest BCUT2D eigenvalue weighted by molar-refractivity contribution is 5.85. The Morgan fingerprint density at radius 2 is 1.67 bits per heavy atom. The van der Waals surface area contributed by atoms with Gasteiger partial charge in [-0.15, -0.1) is 12.4 Å². The summed E-state index contributed by atoms with van der Waals surface area (Å²) < 4.78 is 0. The van der Waals surface area contributed by atoms with Crippen LogP contribution in [0, 0.1) is 0 Å². The van der Waals surface area contributed by atoms with Crippen LogP contribution >= 0.6 is 12.4 Å². The second-order valence-corrected chi connectivity index (χ2v) is 5.44. The number of nitrogens with two attached hydrogens (primary N) is 1. The van der Waals surface area contributed by atoms with E-state index in [4.69, 9.17) is 5.73 Å². The van der Waals surface area contributed by atoms with Gasteiger partial charge in [0.05, 0.1) is 6.04 Å². The van der Waals surface area contributed by atoms with Crippen molar-refractivity contribution in [3.8, 4) is 0 Å². The lowest BCUT2D eigenvalue weighted by atomic mass is 9.94. The Hall–Kier alpha value is -0.320. The van der Waals surface area contributed by atoms with Gasteiger partial charge in [0.1, 0.15) is 0 Å². The Kier molecular flexibility index (Phi) is 6.39. The van der Waals surface area contributed by atoms with Crippen molar-refractivity contribution in [2.45, 2.75) is 51.1 Å². The highest BCUT2D eigenvalue weighted by atomic mass is 35.5. The lowest BCUT2D eigenvalue weighted by Gasteiger charge is -2.41. The third-order valence-electron chi connectivity index (χ3n) is 4.11. The predicted molar refractivity (Wildman–Crippen MR) is 75.9 cm³/mol. The van der Waals surface area contributed by atoms with Crippen molar-refractivity contribution < 1.29 is 4.79 Å². The van der Waals surface area contributed by atoms with E-state index in [2.05, 4.69) is 4.90 Å². The lowest BCUT2D eigenvalue weighted by Crippen LogP contribution is -2.54. The standard InChI is InChI=1S/C13H25N3O.ClH/c1-11(14)13(17)16-9-7-15(8-10-16)12-5-3-2-4-6-12;/h11-12H,2-10,14H2,1H3;1H. The van der Waals surface area contributed by atoms with Crippen LogP contribution in [0.5, 0.6) is 0 Å². The highest BCUT2D eigenvalue weighted by Gasteiger charge is 2.27. The van der Waals surface area contributed by atoms with E-state index in [1.807, 2.05) is 4.90 Å². The molecule has 1 saturated carbocycles. The molecule has 1 atom stereocenters. The molecule has 0 bridgehead atoms. The molecule has 106 valence electrons. The second kappa shape index (κ2) is 7.31. The van der Waals surface area contributed by atoms with Crippen molar-refractivity contribution >= 4 is 18.3 Å². The molecule has 0 aromatic carbocycles. The molecule has 0 aromatic rings. The van der Waals surface area contributed by atoms with Crippen LogP contribution in [0.25, 0.3) is 0 Å². The van der Waals surface area contributed by atoms with Gasteiger partial charge < -0.3 is 10.6 Å². The van der Waals surface area contributed by atoms with E-state index in [9.17, 15) is 4.79 Å². The van der Waals surface area contributed by atoms with Gasteiger partial charge in [0.25, 0.3) is 0 Å². The van der Waals surface area contributed by atoms with Gasteiger partial charge in [0, 0.05) is 32.2 Å². The first-order chi connectivity index (χ1) is 8.18. The summed E-state index contributed by atoms with van der Waals surface area (Å²) in [6.07, 6.45) is 6.86. The summed E-state index contributed by atoms with van der Waals surface area (Å²) in [6, 6.07) is 0.424. The summed E-state index contributed by atoms with van der Waals surface area (Å²) in [4.78, 5) is 16.3. The minimum absolute atomic E-state index is 0. The van der Waals surface area contributed by atoms with E-state index >= 15 is 0 Å². The smallest absolute Gasteiger partial charge is 0.239 e. The molecule has 1 amide bonds. The molecule has 2 rings (SSSR count). The Bertz CT molecular complexity index is 259. The fourth-order valence-electron chi connectivity index (χ4n) is 3.04. The van der Waals surface area contributed by atoms with Crippen LogP contribution in [0.1, 0.15) is 39.0 Å². The van der Waals surface area contributed by atoms with Crippen LogP contribution in [-0.4, -0.2) is 54.0 Å². The molecule has 0 spiro atoms. The van der Waals surface area contributed by atoms with Crippen LogP contribution in [0.2, 0.25) is 0 Å². The fourth-order valence-corrected chi connectivity index (χ4v) is 3.04. The van der Waals surface area contributed by atoms with Crippen LogP contribution in [-0.2, 0) is 4.79 Å². The topological polar surface area (TPSA) is 49.6 Å². The van der Waals surface area contributed by atoms with Crippen LogP contribution < -0.4 is 5.73 Å². The number of amides is 1. The first kappa shape index (κ1) is 15.7. The van der Waals surface area contributed by atoms with Crippen molar-refractivity contribution in [1.82, 2.24) is 9.80 Å². The Morgan fingerprint density at radius 3 is 2.17 bits per heavy atom. The number of hydrogen-bond donors (Lipinski definition) is 1. The molecule has 4 nitrogen and oxygen atoms in total. The molecule has 2 fully saturated rings. The quantitative estimate of drug-likeness (QED) is 0.825. The maximum Gasteiger partial charge on any atom is 0.239 e. The van der Waals surface area contributed by atoms with Crippen molar-refractivity contribution in [2.75, 3.05) is 26.2 Å². The van der Waals surface area contributed by atoms with Gasteiger partial charge in [-0.05, 0) is 19.8 Å². The maximum absolute atomic E-state index is 11.8. The number of carbonyl (C=O) groups excluding carboxylic acids is 1. The zero-order chi connectivity index (χ0) is 12.3. The lowest BCUT2D eigenvalue weighted by molar-refractivity contribution is -0.134. The van der Waals surface area contributed by atoms with Crippen molar-refractivity contribution in [1.29, 1.82) is 0 Å². The minimum atomic E-state index is -0.351. The van der Waals surface area contributed by atoms with Gasteiger partial charge in [-0.1, -0.05) is 19.3 Å². The van der Waals surface area contributed by atoms with E-state index < -0.39 is 0 Å². The number of rotatable bonds is 2. The van der Waals surface area contributed by atoms with E-state index in [0.717, 1.165) is 32.2 Å². The normalized spacial score (nSPS) is 24.4. The number of hydrogen-bond acceptors (Lipinski definition) is 3. The van der Waals surface area contributed by atoms with E-state index in [-0.39, 0.29) is 24.4 Å². The highest BCUT2D eigenvalue weighted by Crippen LogP contribution is 2.23. The zero-order valence-electron chi connectivity index (χ0n) is 11.3. The van der Waals surface area contributed by atoms with E-state index in [0.29, 0.717) is 0 Å². The van der Waals surface area contributed by atoms with Gasteiger partial charge in [0.2, 0.25) is 5.91 Å². The molecular weight excluding hydrogens is 250 g/mol. The molecule has 1 aliphatic heterocycles. The maximum atomic E-state index is 11.8. The molecular formula is C13H26ClN3O. The Balaban J connectivity index is 0.00000162. The van der Waals surface area contributed by atoms with Crippen molar-refractivity contribution in [3.05, 3.63) is 0 Å². The summed E-state index contributed by atoms with van der Waals surface area (Å²) in [7, 11) is 0. The third kappa shape index (κ3) is 3.84. The van der Waals surface area contributed by atoms with E-state index in [1.165, 1.54) is 32.1 Å². The molecule has 1 heterocycles. The summed E-state index contributed by atoms with van der Waals surface area (Å²) >= 11 is 0. The molecule has 1 saturated heterocycles. The molecule has 1 unspecified atom stereocenters. The predicted octanol–water partition coefficient (Wildman–Crippen LogP) is 1.23.